The van der Waals surface area contributed by atoms with Gasteiger partial charge in [-0.2, -0.15) is 4.98 Å². The van der Waals surface area contributed by atoms with Crippen molar-refractivity contribution in [3.05, 3.63) is 53.7 Å². The standard InChI is InChI=1S/C18H20N4O3/c1-12(9-14-3-4-15-16(10-14)24-11-23-15)18-19-6-8-22(18)7-5-17-20-13(2)25-21-17/h3-4,6,8,10,12H,5,7,9,11H2,1-2H3. The smallest absolute Gasteiger partial charge is 0.231 e. The Hall–Kier alpha value is -2.83. The Balaban J connectivity index is 1.43. The van der Waals surface area contributed by atoms with E-state index in [-0.39, 0.29) is 5.92 Å². The van der Waals surface area contributed by atoms with E-state index in [9.17, 15) is 0 Å². The summed E-state index contributed by atoms with van der Waals surface area (Å²) in [7, 11) is 0. The molecule has 4 rings (SSSR count). The van der Waals surface area contributed by atoms with Gasteiger partial charge >= 0.3 is 0 Å². The van der Waals surface area contributed by atoms with Crippen LogP contribution in [-0.2, 0) is 19.4 Å². The van der Waals surface area contributed by atoms with Crippen molar-refractivity contribution >= 4 is 0 Å². The molecule has 130 valence electrons. The van der Waals surface area contributed by atoms with Crippen LogP contribution in [0.1, 0.15) is 35.9 Å². The number of aromatic nitrogens is 4. The van der Waals surface area contributed by atoms with E-state index in [4.69, 9.17) is 14.0 Å². The zero-order chi connectivity index (χ0) is 17.2. The third-order valence-electron chi connectivity index (χ3n) is 4.31. The van der Waals surface area contributed by atoms with Gasteiger partial charge in [-0.05, 0) is 24.1 Å². The SMILES string of the molecule is Cc1nc(CCn2ccnc2C(C)Cc2ccc3c(c2)OCO3)no1. The lowest BCUT2D eigenvalue weighted by molar-refractivity contribution is 0.174. The molecule has 1 aliphatic rings. The fraction of sp³-hybridized carbons (Fsp3) is 0.389. The minimum atomic E-state index is 0.280. The first-order valence-corrected chi connectivity index (χ1v) is 8.38. The minimum Gasteiger partial charge on any atom is -0.454 e. The molecule has 3 heterocycles. The number of hydrogen-bond donors (Lipinski definition) is 0. The van der Waals surface area contributed by atoms with Gasteiger partial charge in [-0.3, -0.25) is 0 Å². The van der Waals surface area contributed by atoms with Crippen molar-refractivity contribution < 1.29 is 14.0 Å². The van der Waals surface area contributed by atoms with Crippen LogP contribution in [0.25, 0.3) is 0 Å². The molecular formula is C18H20N4O3. The van der Waals surface area contributed by atoms with Crippen LogP contribution in [0.4, 0.5) is 0 Å². The molecule has 0 fully saturated rings. The van der Waals surface area contributed by atoms with E-state index in [0.29, 0.717) is 12.7 Å². The molecule has 0 saturated carbocycles. The lowest BCUT2D eigenvalue weighted by Gasteiger charge is -2.14. The van der Waals surface area contributed by atoms with E-state index < -0.39 is 0 Å². The van der Waals surface area contributed by atoms with Gasteiger partial charge in [0, 0.05) is 38.2 Å². The van der Waals surface area contributed by atoms with Crippen molar-refractivity contribution in [2.45, 2.75) is 39.2 Å². The Bertz CT molecular complexity index is 871. The summed E-state index contributed by atoms with van der Waals surface area (Å²) >= 11 is 0. The first kappa shape index (κ1) is 15.7. The van der Waals surface area contributed by atoms with Crippen molar-refractivity contribution in [1.29, 1.82) is 0 Å². The number of nitrogens with zero attached hydrogens (tertiary/aromatic N) is 4. The van der Waals surface area contributed by atoms with Gasteiger partial charge in [0.1, 0.15) is 5.82 Å². The Morgan fingerprint density at radius 3 is 2.96 bits per heavy atom. The molecule has 0 amide bonds. The molecule has 2 aromatic heterocycles. The Kier molecular flexibility index (Phi) is 4.13. The summed E-state index contributed by atoms with van der Waals surface area (Å²) in [6, 6.07) is 6.10. The molecule has 0 aliphatic carbocycles. The highest BCUT2D eigenvalue weighted by molar-refractivity contribution is 5.44. The number of fused-ring (bicyclic) bond motifs is 1. The summed E-state index contributed by atoms with van der Waals surface area (Å²) in [5, 5.41) is 3.95. The summed E-state index contributed by atoms with van der Waals surface area (Å²) < 4.78 is 18.0. The molecule has 0 bridgehead atoms. The maximum absolute atomic E-state index is 5.46. The quantitative estimate of drug-likeness (QED) is 0.687. The van der Waals surface area contributed by atoms with Crippen LogP contribution in [0.3, 0.4) is 0 Å². The van der Waals surface area contributed by atoms with Crippen LogP contribution < -0.4 is 9.47 Å². The second-order valence-corrected chi connectivity index (χ2v) is 6.25. The van der Waals surface area contributed by atoms with E-state index in [1.54, 1.807) is 6.92 Å². The lowest BCUT2D eigenvalue weighted by atomic mass is 10.00. The molecule has 7 nitrogen and oxygen atoms in total. The highest BCUT2D eigenvalue weighted by atomic mass is 16.7. The average Bonchev–Trinajstić information content (AvgIpc) is 3.32. The maximum Gasteiger partial charge on any atom is 0.231 e. The number of benzene rings is 1. The van der Waals surface area contributed by atoms with Crippen LogP contribution in [0, 0.1) is 6.92 Å². The largest absolute Gasteiger partial charge is 0.454 e. The van der Waals surface area contributed by atoms with Crippen molar-refractivity contribution in [1.82, 2.24) is 19.7 Å². The Morgan fingerprint density at radius 2 is 2.12 bits per heavy atom. The van der Waals surface area contributed by atoms with Crippen molar-refractivity contribution in [2.75, 3.05) is 6.79 Å². The molecule has 1 unspecified atom stereocenters. The first-order valence-electron chi connectivity index (χ1n) is 8.38. The van der Waals surface area contributed by atoms with E-state index >= 15 is 0 Å². The highest BCUT2D eigenvalue weighted by Crippen LogP contribution is 2.33. The van der Waals surface area contributed by atoms with Crippen LogP contribution >= 0.6 is 0 Å². The molecular weight excluding hydrogens is 320 g/mol. The molecule has 1 atom stereocenters. The molecule has 0 N–H and O–H groups in total. The zero-order valence-electron chi connectivity index (χ0n) is 14.3. The third kappa shape index (κ3) is 3.35. The van der Waals surface area contributed by atoms with Crippen molar-refractivity contribution in [2.24, 2.45) is 0 Å². The van der Waals surface area contributed by atoms with Gasteiger partial charge in [-0.1, -0.05) is 18.1 Å². The van der Waals surface area contributed by atoms with E-state index in [2.05, 4.69) is 32.7 Å². The molecule has 0 saturated heterocycles. The Morgan fingerprint density at radius 1 is 1.24 bits per heavy atom. The molecule has 25 heavy (non-hydrogen) atoms. The van der Waals surface area contributed by atoms with Crippen LogP contribution in [0.15, 0.2) is 35.1 Å². The summed E-state index contributed by atoms with van der Waals surface area (Å²) in [6.07, 6.45) is 5.44. The van der Waals surface area contributed by atoms with Gasteiger partial charge in [-0.15, -0.1) is 0 Å². The predicted octanol–water partition coefficient (Wildman–Crippen LogP) is 2.89. The van der Waals surface area contributed by atoms with Gasteiger partial charge in [0.2, 0.25) is 12.7 Å². The van der Waals surface area contributed by atoms with Crippen LogP contribution in [-0.4, -0.2) is 26.5 Å². The van der Waals surface area contributed by atoms with Gasteiger partial charge in [-0.25, -0.2) is 4.98 Å². The number of hydrogen-bond acceptors (Lipinski definition) is 6. The highest BCUT2D eigenvalue weighted by Gasteiger charge is 2.17. The molecule has 3 aromatic rings. The number of imidazole rings is 1. The summed E-state index contributed by atoms with van der Waals surface area (Å²) in [4.78, 5) is 8.79. The van der Waals surface area contributed by atoms with Gasteiger partial charge < -0.3 is 18.6 Å². The van der Waals surface area contributed by atoms with E-state index in [1.165, 1.54) is 5.56 Å². The summed E-state index contributed by atoms with van der Waals surface area (Å²) in [6.45, 7) is 5.06. The van der Waals surface area contributed by atoms with E-state index in [1.807, 2.05) is 24.5 Å². The van der Waals surface area contributed by atoms with Crippen molar-refractivity contribution in [3.63, 3.8) is 0 Å². The number of ether oxygens (including phenoxy) is 2. The molecule has 1 aliphatic heterocycles. The van der Waals surface area contributed by atoms with Crippen LogP contribution in [0.5, 0.6) is 11.5 Å². The van der Waals surface area contributed by atoms with Gasteiger partial charge in [0.15, 0.2) is 17.3 Å². The molecule has 7 heteroatoms. The zero-order valence-corrected chi connectivity index (χ0v) is 14.3. The predicted molar refractivity (Wildman–Crippen MR) is 89.7 cm³/mol. The van der Waals surface area contributed by atoms with E-state index in [0.717, 1.165) is 42.5 Å². The summed E-state index contributed by atoms with van der Waals surface area (Å²) in [5.74, 6) is 4.28. The lowest BCUT2D eigenvalue weighted by Crippen LogP contribution is -2.11. The second-order valence-electron chi connectivity index (χ2n) is 6.25. The van der Waals surface area contributed by atoms with Crippen LogP contribution in [0.2, 0.25) is 0 Å². The molecule has 1 aromatic carbocycles. The first-order chi connectivity index (χ1) is 12.2. The molecule has 0 radical (unpaired) electrons. The topological polar surface area (TPSA) is 75.2 Å². The van der Waals surface area contributed by atoms with Gasteiger partial charge in [0.25, 0.3) is 0 Å². The fourth-order valence-corrected chi connectivity index (χ4v) is 3.12. The average molecular weight is 340 g/mol. The maximum atomic E-state index is 5.46. The number of aryl methyl sites for hydroxylation is 3. The second kappa shape index (κ2) is 6.58. The summed E-state index contributed by atoms with van der Waals surface area (Å²) in [5.41, 5.74) is 1.21. The monoisotopic (exact) mass is 340 g/mol. The van der Waals surface area contributed by atoms with Gasteiger partial charge in [0.05, 0.1) is 0 Å². The fourth-order valence-electron chi connectivity index (χ4n) is 3.12. The third-order valence-corrected chi connectivity index (χ3v) is 4.31. The Labute approximate surface area is 145 Å². The minimum absolute atomic E-state index is 0.280. The molecule has 0 spiro atoms. The number of rotatable bonds is 6. The normalized spacial score (nSPS) is 14.0. The van der Waals surface area contributed by atoms with Crippen molar-refractivity contribution in [3.8, 4) is 11.5 Å².